The second-order valence-corrected chi connectivity index (χ2v) is 5.10. The molecule has 2 heterocycles. The Morgan fingerprint density at radius 1 is 1.50 bits per heavy atom. The van der Waals surface area contributed by atoms with Crippen molar-refractivity contribution in [2.45, 2.75) is 32.3 Å². The molecule has 20 heavy (non-hydrogen) atoms. The van der Waals surface area contributed by atoms with Crippen molar-refractivity contribution < 1.29 is 14.3 Å². The van der Waals surface area contributed by atoms with Gasteiger partial charge in [-0.1, -0.05) is 13.0 Å². The fraction of sp³-hybridized carbons (Fsp3) is 0.438. The molecule has 0 saturated carbocycles. The van der Waals surface area contributed by atoms with Crippen molar-refractivity contribution >= 4 is 16.7 Å². The Labute approximate surface area is 118 Å². The molecule has 106 valence electrons. The average molecular weight is 273 g/mol. The SMILES string of the molecule is CCCOc1cccc2[nH]cc(C(=O)C3CCCO3)c12. The summed E-state index contributed by atoms with van der Waals surface area (Å²) in [6.07, 6.45) is 4.18. The Kier molecular flexibility index (Phi) is 3.74. The first kappa shape index (κ1) is 13.2. The molecule has 2 aromatic rings. The summed E-state index contributed by atoms with van der Waals surface area (Å²) in [5, 5.41) is 0.876. The van der Waals surface area contributed by atoms with Gasteiger partial charge in [0.1, 0.15) is 11.9 Å². The van der Waals surface area contributed by atoms with Gasteiger partial charge < -0.3 is 14.5 Å². The van der Waals surface area contributed by atoms with Crippen LogP contribution in [0, 0.1) is 0 Å². The van der Waals surface area contributed by atoms with E-state index >= 15 is 0 Å². The van der Waals surface area contributed by atoms with Crippen LogP contribution in [0.25, 0.3) is 10.9 Å². The maximum atomic E-state index is 12.5. The minimum absolute atomic E-state index is 0.0568. The van der Waals surface area contributed by atoms with Gasteiger partial charge in [-0.2, -0.15) is 0 Å². The van der Waals surface area contributed by atoms with E-state index in [1.54, 1.807) is 6.20 Å². The number of benzene rings is 1. The molecule has 0 amide bonds. The second-order valence-electron chi connectivity index (χ2n) is 5.10. The lowest BCUT2D eigenvalue weighted by Crippen LogP contribution is -2.19. The van der Waals surface area contributed by atoms with E-state index in [2.05, 4.69) is 11.9 Å². The Morgan fingerprint density at radius 2 is 2.40 bits per heavy atom. The van der Waals surface area contributed by atoms with Gasteiger partial charge in [-0.15, -0.1) is 0 Å². The zero-order valence-electron chi connectivity index (χ0n) is 11.6. The van der Waals surface area contributed by atoms with Gasteiger partial charge in [-0.3, -0.25) is 4.79 Å². The Balaban J connectivity index is 1.99. The zero-order valence-corrected chi connectivity index (χ0v) is 11.6. The highest BCUT2D eigenvalue weighted by Gasteiger charge is 2.27. The van der Waals surface area contributed by atoms with Crippen molar-refractivity contribution in [2.75, 3.05) is 13.2 Å². The lowest BCUT2D eigenvalue weighted by molar-refractivity contribution is 0.0644. The van der Waals surface area contributed by atoms with E-state index in [9.17, 15) is 4.79 Å². The van der Waals surface area contributed by atoms with Gasteiger partial charge in [-0.05, 0) is 31.4 Å². The van der Waals surface area contributed by atoms with Crippen LogP contribution < -0.4 is 4.74 Å². The van der Waals surface area contributed by atoms with Crippen molar-refractivity contribution in [1.29, 1.82) is 0 Å². The predicted molar refractivity (Wildman–Crippen MR) is 77.4 cm³/mol. The monoisotopic (exact) mass is 273 g/mol. The van der Waals surface area contributed by atoms with Crippen LogP contribution in [0.4, 0.5) is 0 Å². The number of H-pyrrole nitrogens is 1. The highest BCUT2D eigenvalue weighted by molar-refractivity contribution is 6.11. The summed E-state index contributed by atoms with van der Waals surface area (Å²) in [6, 6.07) is 5.81. The van der Waals surface area contributed by atoms with E-state index in [0.717, 1.165) is 35.9 Å². The minimum atomic E-state index is -0.298. The molecule has 4 nitrogen and oxygen atoms in total. The first-order valence-corrected chi connectivity index (χ1v) is 7.20. The van der Waals surface area contributed by atoms with Gasteiger partial charge in [0, 0.05) is 23.9 Å². The number of aromatic nitrogens is 1. The van der Waals surface area contributed by atoms with Crippen LogP contribution in [0.15, 0.2) is 24.4 Å². The first-order chi connectivity index (χ1) is 9.81. The fourth-order valence-electron chi connectivity index (χ4n) is 2.64. The van der Waals surface area contributed by atoms with Gasteiger partial charge >= 0.3 is 0 Å². The third-order valence-electron chi connectivity index (χ3n) is 3.62. The Morgan fingerprint density at radius 3 is 3.15 bits per heavy atom. The molecule has 0 spiro atoms. The smallest absolute Gasteiger partial charge is 0.193 e. The molecule has 0 radical (unpaired) electrons. The number of aromatic amines is 1. The summed E-state index contributed by atoms with van der Waals surface area (Å²) in [6.45, 7) is 3.39. The topological polar surface area (TPSA) is 51.3 Å². The van der Waals surface area contributed by atoms with Crippen LogP contribution in [-0.2, 0) is 4.74 Å². The Hall–Kier alpha value is -1.81. The highest BCUT2D eigenvalue weighted by Crippen LogP contribution is 2.31. The van der Waals surface area contributed by atoms with Crippen molar-refractivity contribution in [3.8, 4) is 5.75 Å². The summed E-state index contributed by atoms with van der Waals surface area (Å²) in [5.74, 6) is 0.827. The number of carbonyl (C=O) groups is 1. The fourth-order valence-corrected chi connectivity index (χ4v) is 2.64. The van der Waals surface area contributed by atoms with Crippen molar-refractivity contribution in [3.05, 3.63) is 30.0 Å². The van der Waals surface area contributed by atoms with E-state index < -0.39 is 0 Å². The number of nitrogens with one attached hydrogen (secondary N) is 1. The van der Waals surface area contributed by atoms with Crippen LogP contribution in [-0.4, -0.2) is 30.1 Å². The maximum Gasteiger partial charge on any atom is 0.193 e. The normalized spacial score (nSPS) is 18.6. The molecular weight excluding hydrogens is 254 g/mol. The molecule has 1 fully saturated rings. The number of carbonyl (C=O) groups excluding carboxylic acids is 1. The zero-order chi connectivity index (χ0) is 13.9. The van der Waals surface area contributed by atoms with Crippen LogP contribution >= 0.6 is 0 Å². The molecule has 3 rings (SSSR count). The third kappa shape index (κ3) is 2.31. The van der Waals surface area contributed by atoms with Crippen LogP contribution in [0.2, 0.25) is 0 Å². The van der Waals surface area contributed by atoms with Crippen LogP contribution in [0.1, 0.15) is 36.5 Å². The van der Waals surface area contributed by atoms with Gasteiger partial charge in [0.15, 0.2) is 5.78 Å². The summed E-state index contributed by atoms with van der Waals surface area (Å²) in [7, 11) is 0. The molecule has 1 aromatic heterocycles. The molecule has 1 aromatic carbocycles. The number of ketones is 1. The molecule has 1 N–H and O–H groups in total. The standard InChI is InChI=1S/C16H19NO3/c1-2-8-19-13-6-3-5-12-15(13)11(10-17-12)16(18)14-7-4-9-20-14/h3,5-6,10,14,17H,2,4,7-9H2,1H3. The largest absolute Gasteiger partial charge is 0.493 e. The van der Waals surface area contributed by atoms with Gasteiger partial charge in [-0.25, -0.2) is 0 Å². The predicted octanol–water partition coefficient (Wildman–Crippen LogP) is 3.32. The molecule has 1 aliphatic heterocycles. The summed E-state index contributed by atoms with van der Waals surface area (Å²) < 4.78 is 11.3. The number of ether oxygens (including phenoxy) is 2. The van der Waals surface area contributed by atoms with E-state index in [-0.39, 0.29) is 11.9 Å². The van der Waals surface area contributed by atoms with E-state index in [0.29, 0.717) is 18.8 Å². The lowest BCUT2D eigenvalue weighted by Gasteiger charge is -2.10. The van der Waals surface area contributed by atoms with Gasteiger partial charge in [0.05, 0.1) is 12.0 Å². The number of fused-ring (bicyclic) bond motifs is 1. The first-order valence-electron chi connectivity index (χ1n) is 7.20. The maximum absolute atomic E-state index is 12.5. The third-order valence-corrected chi connectivity index (χ3v) is 3.62. The quantitative estimate of drug-likeness (QED) is 0.850. The summed E-state index contributed by atoms with van der Waals surface area (Å²) >= 11 is 0. The van der Waals surface area contributed by atoms with Gasteiger partial charge in [0.2, 0.25) is 0 Å². The van der Waals surface area contributed by atoms with E-state index in [1.165, 1.54) is 0 Å². The number of hydrogen-bond acceptors (Lipinski definition) is 3. The molecule has 0 aliphatic carbocycles. The Bertz CT molecular complexity index is 611. The van der Waals surface area contributed by atoms with Crippen molar-refractivity contribution in [2.24, 2.45) is 0 Å². The average Bonchev–Trinajstić information content (AvgIpc) is 3.13. The number of hydrogen-bond donors (Lipinski definition) is 1. The lowest BCUT2D eigenvalue weighted by atomic mass is 10.0. The molecule has 1 aliphatic rings. The van der Waals surface area contributed by atoms with Crippen LogP contribution in [0.5, 0.6) is 5.75 Å². The van der Waals surface area contributed by atoms with Crippen molar-refractivity contribution in [1.82, 2.24) is 4.98 Å². The molecular formula is C16H19NO3. The van der Waals surface area contributed by atoms with Crippen molar-refractivity contribution in [3.63, 3.8) is 0 Å². The molecule has 1 unspecified atom stereocenters. The molecule has 1 saturated heterocycles. The number of rotatable bonds is 5. The molecule has 4 heteroatoms. The van der Waals surface area contributed by atoms with E-state index in [4.69, 9.17) is 9.47 Å². The minimum Gasteiger partial charge on any atom is -0.493 e. The van der Waals surface area contributed by atoms with Gasteiger partial charge in [0.25, 0.3) is 0 Å². The molecule has 0 bridgehead atoms. The summed E-state index contributed by atoms with van der Waals surface area (Å²) in [5.41, 5.74) is 1.61. The highest BCUT2D eigenvalue weighted by atomic mass is 16.5. The summed E-state index contributed by atoms with van der Waals surface area (Å²) in [4.78, 5) is 15.7. The number of Topliss-reactive ketones (excluding diaryl/α,β-unsaturated/α-hetero) is 1. The molecule has 1 atom stereocenters. The second kappa shape index (κ2) is 5.67. The van der Waals surface area contributed by atoms with Crippen LogP contribution in [0.3, 0.4) is 0 Å². The van der Waals surface area contributed by atoms with E-state index in [1.807, 2.05) is 18.2 Å².